The topological polar surface area (TPSA) is 173 Å². The molecule has 0 amide bonds. The summed E-state index contributed by atoms with van der Waals surface area (Å²) in [5.74, 6) is 0.0281. The number of benzene rings is 2. The normalized spacial score (nSPS) is 12.0. The number of hydrogen-bond acceptors (Lipinski definition) is 8. The summed E-state index contributed by atoms with van der Waals surface area (Å²) in [6.07, 6.45) is 0.211. The Morgan fingerprint density at radius 1 is 1.11 bits per heavy atom. The summed E-state index contributed by atoms with van der Waals surface area (Å²) in [6.45, 7) is 0. The Kier molecular flexibility index (Phi) is 5.67. The molecule has 0 aliphatic heterocycles. The van der Waals surface area contributed by atoms with Crippen molar-refractivity contribution in [2.24, 2.45) is 5.14 Å². The van der Waals surface area contributed by atoms with Gasteiger partial charge in [-0.3, -0.25) is 9.78 Å². The quantitative estimate of drug-likeness (QED) is 0.299. The van der Waals surface area contributed by atoms with Crippen LogP contribution in [0, 0.1) is 0 Å². The zero-order valence-electron chi connectivity index (χ0n) is 18.7. The van der Waals surface area contributed by atoms with Gasteiger partial charge in [0, 0.05) is 20.5 Å². The lowest BCUT2D eigenvalue weighted by atomic mass is 10.1. The first-order valence-corrected chi connectivity index (χ1v) is 12.6. The summed E-state index contributed by atoms with van der Waals surface area (Å²) in [6, 6.07) is 7.39. The van der Waals surface area contributed by atoms with E-state index in [-0.39, 0.29) is 38.1 Å². The van der Waals surface area contributed by atoms with Crippen LogP contribution in [0.1, 0.15) is 11.4 Å². The molecule has 0 spiro atoms. The minimum Gasteiger partial charge on any atom is -0.408 e. The van der Waals surface area contributed by atoms with Crippen LogP contribution in [0.5, 0.6) is 0 Å². The van der Waals surface area contributed by atoms with Crippen molar-refractivity contribution in [2.75, 3.05) is 19.0 Å². The van der Waals surface area contributed by atoms with Crippen LogP contribution in [-0.2, 0) is 16.4 Å². The van der Waals surface area contributed by atoms with E-state index in [2.05, 4.69) is 20.1 Å². The Bertz CT molecular complexity index is 1880. The monoisotopic (exact) mass is 549 g/mol. The van der Waals surface area contributed by atoms with Gasteiger partial charge in [-0.05, 0) is 29.8 Å². The Balaban J connectivity index is 1.70. The van der Waals surface area contributed by atoms with E-state index in [0.29, 0.717) is 22.7 Å². The molecule has 5 aromatic rings. The Morgan fingerprint density at radius 3 is 2.44 bits per heavy atom. The lowest BCUT2D eigenvalue weighted by Crippen LogP contribution is -2.16. The summed E-state index contributed by atoms with van der Waals surface area (Å²) in [4.78, 5) is 35.9. The number of sulfonamides is 1. The fraction of sp³-hybridized carbons (Fsp3) is 0.143. The van der Waals surface area contributed by atoms with E-state index < -0.39 is 21.3 Å². The van der Waals surface area contributed by atoms with Gasteiger partial charge in [0.05, 0.1) is 20.5 Å². The van der Waals surface area contributed by atoms with Crippen LogP contribution in [0.15, 0.2) is 49.2 Å². The predicted octanol–water partition coefficient (Wildman–Crippen LogP) is 2.15. The molecule has 0 saturated heterocycles. The molecule has 0 aliphatic carbocycles. The van der Waals surface area contributed by atoms with Gasteiger partial charge in [0.1, 0.15) is 16.9 Å². The Morgan fingerprint density at radius 2 is 1.81 bits per heavy atom. The molecule has 2 aromatic carbocycles. The van der Waals surface area contributed by atoms with Crippen LogP contribution in [0.3, 0.4) is 0 Å². The smallest absolute Gasteiger partial charge is 0.408 e. The van der Waals surface area contributed by atoms with E-state index in [1.54, 1.807) is 37.2 Å². The van der Waals surface area contributed by atoms with E-state index in [1.807, 2.05) is 0 Å². The number of nitrogens with zero attached hydrogens (tertiary/aromatic N) is 4. The van der Waals surface area contributed by atoms with Crippen molar-refractivity contribution >= 4 is 61.2 Å². The summed E-state index contributed by atoms with van der Waals surface area (Å²) >= 11 is 12.8. The van der Waals surface area contributed by atoms with Crippen molar-refractivity contribution in [2.45, 2.75) is 11.3 Å². The third kappa shape index (κ3) is 4.15. The number of primary sulfonamides is 1. The zero-order valence-corrected chi connectivity index (χ0v) is 21.0. The highest BCUT2D eigenvalue weighted by molar-refractivity contribution is 7.89. The molecule has 0 saturated carbocycles. The first kappa shape index (κ1) is 24.1. The highest BCUT2D eigenvalue weighted by Gasteiger charge is 2.24. The number of nitrogens with one attached hydrogen (secondary N) is 2. The molecular weight excluding hydrogens is 533 g/mol. The van der Waals surface area contributed by atoms with E-state index in [1.165, 1.54) is 4.68 Å². The van der Waals surface area contributed by atoms with Gasteiger partial charge >= 0.3 is 5.76 Å². The molecule has 36 heavy (non-hydrogen) atoms. The van der Waals surface area contributed by atoms with E-state index >= 15 is 0 Å². The maximum atomic E-state index is 13.1. The maximum absolute atomic E-state index is 13.1. The van der Waals surface area contributed by atoms with Crippen LogP contribution in [-0.4, -0.2) is 47.2 Å². The fourth-order valence-corrected chi connectivity index (χ4v) is 5.16. The highest BCUT2D eigenvalue weighted by Crippen LogP contribution is 2.34. The summed E-state index contributed by atoms with van der Waals surface area (Å²) in [7, 11) is -0.662. The highest BCUT2D eigenvalue weighted by atomic mass is 35.5. The molecule has 3 heterocycles. The minimum atomic E-state index is -4.07. The Hall–Kier alpha value is -3.65. The largest absolute Gasteiger partial charge is 0.417 e. The second kappa shape index (κ2) is 8.48. The average molecular weight is 550 g/mol. The molecule has 15 heteroatoms. The minimum absolute atomic E-state index is 0.0563. The van der Waals surface area contributed by atoms with Crippen LogP contribution >= 0.6 is 23.2 Å². The van der Waals surface area contributed by atoms with Crippen molar-refractivity contribution in [3.63, 3.8) is 0 Å². The van der Waals surface area contributed by atoms with Crippen LogP contribution < -0.4 is 21.4 Å². The van der Waals surface area contributed by atoms with Crippen molar-refractivity contribution < 1.29 is 12.8 Å². The maximum Gasteiger partial charge on any atom is 0.417 e. The van der Waals surface area contributed by atoms with E-state index in [9.17, 15) is 18.0 Å². The molecule has 3 aromatic heterocycles. The van der Waals surface area contributed by atoms with Gasteiger partial charge in [-0.25, -0.2) is 28.0 Å². The molecule has 186 valence electrons. The molecule has 12 nitrogen and oxygen atoms in total. The SMILES string of the molecule is CN(C)c1nn(-c2c(Cl)cc(S(N)(=O)=O)cc2Cl)c2nc(Cc3ccc4oc(=O)[nH]c4c3)[nH]c(=O)c12. The number of anilines is 1. The average Bonchev–Trinajstić information content (AvgIpc) is 3.33. The van der Waals surface area contributed by atoms with Gasteiger partial charge in [0.15, 0.2) is 17.0 Å². The van der Waals surface area contributed by atoms with Crippen LogP contribution in [0.2, 0.25) is 10.0 Å². The standard InChI is InChI=1S/C21H17Cl2N7O5S/c1-29(2)19-16-18(30(28-19)17-11(22)7-10(8-12(17)23)36(24,33)34)26-15(27-20(16)31)6-9-3-4-14-13(5-9)25-21(32)35-14/h3-5,7-8H,6H2,1-2H3,(H,25,32)(H2,24,33,34)(H,26,27,31). The number of nitrogens with two attached hydrogens (primary N) is 1. The van der Waals surface area contributed by atoms with Crippen molar-refractivity contribution in [3.8, 4) is 5.69 Å². The summed E-state index contributed by atoms with van der Waals surface area (Å²) < 4.78 is 29.9. The number of fused-ring (bicyclic) bond motifs is 2. The number of aromatic amines is 2. The first-order chi connectivity index (χ1) is 16.9. The first-order valence-electron chi connectivity index (χ1n) is 10.3. The van der Waals surface area contributed by atoms with Gasteiger partial charge in [-0.15, -0.1) is 5.10 Å². The summed E-state index contributed by atoms with van der Waals surface area (Å²) in [5.41, 5.74) is 1.49. The molecule has 0 bridgehead atoms. The molecule has 0 aliphatic rings. The number of aromatic nitrogens is 5. The number of rotatable bonds is 5. The number of halogens is 2. The molecule has 0 fully saturated rings. The van der Waals surface area contributed by atoms with Crippen molar-refractivity contribution in [3.05, 3.63) is 72.7 Å². The van der Waals surface area contributed by atoms with Gasteiger partial charge in [0.25, 0.3) is 5.56 Å². The number of H-pyrrole nitrogens is 2. The third-order valence-corrected chi connectivity index (χ3v) is 6.85. The van der Waals surface area contributed by atoms with Crippen molar-refractivity contribution in [1.29, 1.82) is 0 Å². The molecule has 5 rings (SSSR count). The molecule has 0 atom stereocenters. The van der Waals surface area contributed by atoms with Crippen LogP contribution in [0.25, 0.3) is 27.8 Å². The third-order valence-electron chi connectivity index (χ3n) is 5.38. The van der Waals surface area contributed by atoms with E-state index in [0.717, 1.165) is 17.7 Å². The molecule has 0 unspecified atom stereocenters. The van der Waals surface area contributed by atoms with Gasteiger partial charge in [0.2, 0.25) is 10.0 Å². The number of oxazole rings is 1. The Labute approximate surface area is 212 Å². The van der Waals surface area contributed by atoms with Crippen LogP contribution in [0.4, 0.5) is 5.82 Å². The molecule has 0 radical (unpaired) electrons. The van der Waals surface area contributed by atoms with Gasteiger partial charge < -0.3 is 14.3 Å². The second-order valence-electron chi connectivity index (χ2n) is 8.14. The fourth-order valence-electron chi connectivity index (χ4n) is 3.82. The number of hydrogen-bond donors (Lipinski definition) is 3. The van der Waals surface area contributed by atoms with E-state index in [4.69, 9.17) is 32.8 Å². The zero-order chi connectivity index (χ0) is 25.9. The summed E-state index contributed by atoms with van der Waals surface area (Å²) in [5, 5.41) is 9.76. The lowest BCUT2D eigenvalue weighted by Gasteiger charge is -2.11. The molecular formula is C21H17Cl2N7O5S. The van der Waals surface area contributed by atoms with Crippen molar-refractivity contribution in [1.82, 2.24) is 24.7 Å². The lowest BCUT2D eigenvalue weighted by molar-refractivity contribution is 0.555. The molecule has 4 N–H and O–H groups in total. The second-order valence-corrected chi connectivity index (χ2v) is 10.5. The van der Waals surface area contributed by atoms with Gasteiger partial charge in [-0.2, -0.15) is 0 Å². The predicted molar refractivity (Wildman–Crippen MR) is 135 cm³/mol. The van der Waals surface area contributed by atoms with Gasteiger partial charge in [-0.1, -0.05) is 29.3 Å².